The van der Waals surface area contributed by atoms with Crippen LogP contribution in [0.4, 0.5) is 4.39 Å². The highest BCUT2D eigenvalue weighted by molar-refractivity contribution is 7.80. The van der Waals surface area contributed by atoms with Crippen molar-refractivity contribution in [1.82, 2.24) is 10.2 Å². The lowest BCUT2D eigenvalue weighted by atomic mass is 9.90. The van der Waals surface area contributed by atoms with Crippen molar-refractivity contribution in [2.75, 3.05) is 0 Å². The van der Waals surface area contributed by atoms with Crippen molar-refractivity contribution in [3.8, 4) is 0 Å². The molecule has 29 heavy (non-hydrogen) atoms. The number of amides is 1. The highest BCUT2D eigenvalue weighted by atomic mass is 35.5. The van der Waals surface area contributed by atoms with Gasteiger partial charge >= 0.3 is 5.76 Å². The van der Waals surface area contributed by atoms with E-state index in [1.807, 2.05) is 13.0 Å². The number of primary amides is 1. The zero-order chi connectivity index (χ0) is 21.7. The highest BCUT2D eigenvalue weighted by Gasteiger charge is 2.25. The molecule has 3 aromatic rings. The second-order valence-corrected chi connectivity index (χ2v) is 7.18. The molecule has 0 aliphatic rings. The lowest BCUT2D eigenvalue weighted by Gasteiger charge is -2.19. The van der Waals surface area contributed by atoms with Crippen LogP contribution in [0.5, 0.6) is 0 Å². The quantitative estimate of drug-likeness (QED) is 0.464. The number of carbonyl (C=O) groups is 1. The van der Waals surface area contributed by atoms with Crippen LogP contribution in [0, 0.1) is 12.7 Å². The van der Waals surface area contributed by atoms with E-state index in [9.17, 15) is 14.0 Å². The maximum absolute atomic E-state index is 13.8. The molecule has 7 nitrogen and oxygen atoms in total. The SMILES string of the molecule is Cc1cccc(F)c1C(C)C(N)c1n[nH]c(=O)o1.NC(=O)c1cc(Cl)ccc1S. The summed E-state index contributed by atoms with van der Waals surface area (Å²) >= 11 is 9.64. The van der Waals surface area contributed by atoms with Crippen molar-refractivity contribution >= 4 is 30.1 Å². The Bertz CT molecular complexity index is 1050. The smallest absolute Gasteiger partial charge is 0.391 e. The molecule has 0 radical (unpaired) electrons. The van der Waals surface area contributed by atoms with E-state index < -0.39 is 17.7 Å². The van der Waals surface area contributed by atoms with E-state index in [1.165, 1.54) is 12.1 Å². The van der Waals surface area contributed by atoms with Gasteiger partial charge in [-0.25, -0.2) is 14.3 Å². The summed E-state index contributed by atoms with van der Waals surface area (Å²) in [6, 6.07) is 8.92. The van der Waals surface area contributed by atoms with Gasteiger partial charge in [-0.3, -0.25) is 4.79 Å². The van der Waals surface area contributed by atoms with Crippen molar-refractivity contribution in [2.24, 2.45) is 11.5 Å². The molecule has 0 fully saturated rings. The maximum Gasteiger partial charge on any atom is 0.434 e. The van der Waals surface area contributed by atoms with Crippen molar-refractivity contribution in [3.63, 3.8) is 0 Å². The standard InChI is InChI=1S/C12H14FN3O2.C7H6ClNOS/c1-6-4-3-5-8(13)9(6)7(2)10(14)11-15-16-12(17)18-11;8-4-1-2-6(11)5(3-4)7(9)10/h3-5,7,10H,14H2,1-2H3,(H,16,17);1-3,11H,(H2,9,10). The summed E-state index contributed by atoms with van der Waals surface area (Å²) in [5.41, 5.74) is 12.6. The molecule has 3 rings (SSSR count). The molecule has 154 valence electrons. The molecule has 0 spiro atoms. The Labute approximate surface area is 176 Å². The first-order valence-electron chi connectivity index (χ1n) is 8.46. The third kappa shape index (κ3) is 5.69. The minimum absolute atomic E-state index is 0.0788. The molecule has 1 heterocycles. The zero-order valence-electron chi connectivity index (χ0n) is 15.6. The number of benzene rings is 2. The number of hydrogen-bond donors (Lipinski definition) is 4. The number of thiol groups is 1. The van der Waals surface area contributed by atoms with E-state index >= 15 is 0 Å². The number of aromatic nitrogens is 2. The number of rotatable bonds is 4. The van der Waals surface area contributed by atoms with Gasteiger partial charge in [0.05, 0.1) is 11.6 Å². The molecule has 1 amide bonds. The van der Waals surface area contributed by atoms with Gasteiger partial charge in [-0.15, -0.1) is 17.7 Å². The number of carbonyl (C=O) groups excluding carboxylic acids is 1. The first kappa shape index (κ1) is 22.7. The van der Waals surface area contributed by atoms with Crippen LogP contribution >= 0.6 is 24.2 Å². The number of H-pyrrole nitrogens is 1. The van der Waals surface area contributed by atoms with E-state index in [1.54, 1.807) is 25.1 Å². The Hall–Kier alpha value is -2.62. The summed E-state index contributed by atoms with van der Waals surface area (Å²) in [5.74, 6) is -1.78. The third-order valence-corrected chi connectivity index (χ3v) is 4.85. The molecule has 0 saturated carbocycles. The maximum atomic E-state index is 13.8. The fraction of sp³-hybridized carbons (Fsp3) is 0.211. The first-order chi connectivity index (χ1) is 13.6. The van der Waals surface area contributed by atoms with Crippen molar-refractivity contribution in [1.29, 1.82) is 0 Å². The Morgan fingerprint density at radius 1 is 1.34 bits per heavy atom. The first-order valence-corrected chi connectivity index (χ1v) is 9.28. The summed E-state index contributed by atoms with van der Waals surface area (Å²) in [5, 5.41) is 6.29. The predicted octanol–water partition coefficient (Wildman–Crippen LogP) is 3.34. The summed E-state index contributed by atoms with van der Waals surface area (Å²) in [4.78, 5) is 22.1. The van der Waals surface area contributed by atoms with Gasteiger partial charge in [0.2, 0.25) is 11.8 Å². The topological polar surface area (TPSA) is 128 Å². The zero-order valence-corrected chi connectivity index (χ0v) is 17.3. The largest absolute Gasteiger partial charge is 0.434 e. The highest BCUT2D eigenvalue weighted by Crippen LogP contribution is 2.31. The number of aromatic amines is 1. The average molecular weight is 439 g/mol. The lowest BCUT2D eigenvalue weighted by Crippen LogP contribution is -2.20. The number of nitrogens with one attached hydrogen (secondary N) is 1. The van der Waals surface area contributed by atoms with Gasteiger partial charge in [-0.05, 0) is 42.3 Å². The van der Waals surface area contributed by atoms with Gasteiger partial charge in [0.1, 0.15) is 5.82 Å². The van der Waals surface area contributed by atoms with Crippen LogP contribution in [0.15, 0.2) is 50.5 Å². The van der Waals surface area contributed by atoms with E-state index in [0.29, 0.717) is 21.0 Å². The molecule has 5 N–H and O–H groups in total. The molecule has 2 aromatic carbocycles. The molecule has 0 aliphatic carbocycles. The summed E-state index contributed by atoms with van der Waals surface area (Å²) < 4.78 is 18.6. The van der Waals surface area contributed by atoms with Crippen LogP contribution in [-0.2, 0) is 0 Å². The van der Waals surface area contributed by atoms with Crippen LogP contribution < -0.4 is 17.2 Å². The van der Waals surface area contributed by atoms with E-state index in [-0.39, 0.29) is 17.6 Å². The Kier molecular flexibility index (Phi) is 7.60. The minimum Gasteiger partial charge on any atom is -0.391 e. The number of nitrogens with two attached hydrogens (primary N) is 2. The molecule has 0 bridgehead atoms. The van der Waals surface area contributed by atoms with E-state index in [4.69, 9.17) is 27.5 Å². The minimum atomic E-state index is -0.681. The molecule has 10 heteroatoms. The number of nitrogens with zero attached hydrogens (tertiary/aromatic N) is 1. The molecular formula is C19H20ClFN4O3S. The monoisotopic (exact) mass is 438 g/mol. The molecule has 0 aliphatic heterocycles. The lowest BCUT2D eigenvalue weighted by molar-refractivity contribution is 0.0997. The molecule has 2 atom stereocenters. The second-order valence-electron chi connectivity index (χ2n) is 6.26. The Morgan fingerprint density at radius 2 is 2.03 bits per heavy atom. The number of halogens is 2. The van der Waals surface area contributed by atoms with Crippen LogP contribution in [0.3, 0.4) is 0 Å². The molecule has 1 aromatic heterocycles. The summed E-state index contributed by atoms with van der Waals surface area (Å²) in [7, 11) is 0. The van der Waals surface area contributed by atoms with Gasteiger partial charge in [0.25, 0.3) is 0 Å². The molecule has 0 saturated heterocycles. The van der Waals surface area contributed by atoms with Crippen molar-refractivity contribution in [3.05, 3.63) is 80.4 Å². The fourth-order valence-corrected chi connectivity index (χ4v) is 3.13. The number of hydrogen-bond acceptors (Lipinski definition) is 6. The summed E-state index contributed by atoms with van der Waals surface area (Å²) in [6.07, 6.45) is 0. The average Bonchev–Trinajstić information content (AvgIpc) is 3.09. The fourth-order valence-electron chi connectivity index (χ4n) is 2.70. The van der Waals surface area contributed by atoms with Gasteiger partial charge in [0, 0.05) is 15.8 Å². The van der Waals surface area contributed by atoms with Gasteiger partial charge in [-0.1, -0.05) is 30.7 Å². The van der Waals surface area contributed by atoms with E-state index in [0.717, 1.165) is 5.56 Å². The Balaban J connectivity index is 0.000000234. The van der Waals surface area contributed by atoms with Crippen LogP contribution in [0.1, 0.15) is 46.3 Å². The third-order valence-electron chi connectivity index (χ3n) is 4.23. The number of aryl methyl sites for hydroxylation is 1. The second kappa shape index (κ2) is 9.73. The van der Waals surface area contributed by atoms with Crippen LogP contribution in [0.25, 0.3) is 0 Å². The summed E-state index contributed by atoms with van der Waals surface area (Å²) in [6.45, 7) is 3.58. The van der Waals surface area contributed by atoms with Crippen molar-refractivity contribution < 1.29 is 13.6 Å². The Morgan fingerprint density at radius 3 is 2.55 bits per heavy atom. The molecular weight excluding hydrogens is 419 g/mol. The van der Waals surface area contributed by atoms with Gasteiger partial charge in [-0.2, -0.15) is 0 Å². The van der Waals surface area contributed by atoms with Crippen LogP contribution in [-0.4, -0.2) is 16.1 Å². The van der Waals surface area contributed by atoms with Gasteiger partial charge < -0.3 is 15.9 Å². The van der Waals surface area contributed by atoms with Crippen molar-refractivity contribution in [2.45, 2.75) is 30.7 Å². The predicted molar refractivity (Wildman–Crippen MR) is 111 cm³/mol. The van der Waals surface area contributed by atoms with E-state index in [2.05, 4.69) is 22.8 Å². The molecule has 2 unspecified atom stereocenters. The normalized spacial score (nSPS) is 12.6. The van der Waals surface area contributed by atoms with Crippen LogP contribution in [0.2, 0.25) is 5.02 Å². The van der Waals surface area contributed by atoms with Gasteiger partial charge in [0.15, 0.2) is 0 Å².